The van der Waals surface area contributed by atoms with Crippen molar-refractivity contribution in [3.8, 4) is 0 Å². The summed E-state index contributed by atoms with van der Waals surface area (Å²) in [5.41, 5.74) is 2.66. The Bertz CT molecular complexity index is 661. The van der Waals surface area contributed by atoms with E-state index in [-0.39, 0.29) is 24.7 Å². The Kier molecular flexibility index (Phi) is 3.87. The number of nitrogens with zero attached hydrogens (tertiary/aromatic N) is 3. The van der Waals surface area contributed by atoms with E-state index < -0.39 is 0 Å². The van der Waals surface area contributed by atoms with Crippen LogP contribution < -0.4 is 0 Å². The topological polar surface area (TPSA) is 84.2 Å². The molecule has 1 N–H and O–H groups in total. The number of carbonyl (C=O) groups excluding carboxylic acids is 1. The summed E-state index contributed by atoms with van der Waals surface area (Å²) in [7, 11) is 0. The number of aromatic amines is 1. The molecule has 0 bridgehead atoms. The van der Waals surface area contributed by atoms with Crippen molar-refractivity contribution in [3.63, 3.8) is 0 Å². The van der Waals surface area contributed by atoms with E-state index >= 15 is 0 Å². The van der Waals surface area contributed by atoms with E-state index in [0.29, 0.717) is 18.0 Å². The van der Waals surface area contributed by atoms with Crippen molar-refractivity contribution in [2.75, 3.05) is 6.54 Å². The van der Waals surface area contributed by atoms with Crippen molar-refractivity contribution in [1.29, 1.82) is 0 Å². The molecular formula is C15H20N4O3. The van der Waals surface area contributed by atoms with Gasteiger partial charge in [-0.2, -0.15) is 0 Å². The van der Waals surface area contributed by atoms with Gasteiger partial charge >= 0.3 is 6.09 Å². The molecule has 1 unspecified atom stereocenters. The lowest BCUT2D eigenvalue weighted by Gasteiger charge is -2.36. The van der Waals surface area contributed by atoms with Crippen LogP contribution in [0.3, 0.4) is 0 Å². The number of amides is 1. The number of hydrogen-bond donors (Lipinski definition) is 1. The van der Waals surface area contributed by atoms with Gasteiger partial charge in [0.25, 0.3) is 0 Å². The second kappa shape index (κ2) is 5.82. The van der Waals surface area contributed by atoms with Gasteiger partial charge in [0.05, 0.1) is 18.1 Å². The Hall–Kier alpha value is -2.31. The lowest BCUT2D eigenvalue weighted by Crippen LogP contribution is -2.42. The molecule has 22 heavy (non-hydrogen) atoms. The van der Waals surface area contributed by atoms with Crippen molar-refractivity contribution >= 4 is 6.09 Å². The van der Waals surface area contributed by atoms with Crippen LogP contribution in [-0.2, 0) is 17.8 Å². The zero-order valence-electron chi connectivity index (χ0n) is 13.0. The van der Waals surface area contributed by atoms with Gasteiger partial charge in [0, 0.05) is 24.7 Å². The van der Waals surface area contributed by atoms with Gasteiger partial charge in [0.2, 0.25) is 0 Å². The van der Waals surface area contributed by atoms with Crippen LogP contribution in [0.5, 0.6) is 0 Å². The van der Waals surface area contributed by atoms with E-state index in [1.807, 2.05) is 0 Å². The van der Waals surface area contributed by atoms with Gasteiger partial charge in [-0.05, 0) is 12.8 Å². The third kappa shape index (κ3) is 2.70. The van der Waals surface area contributed by atoms with Crippen LogP contribution in [0.25, 0.3) is 0 Å². The summed E-state index contributed by atoms with van der Waals surface area (Å²) in [5.74, 6) is 0.953. The van der Waals surface area contributed by atoms with Crippen molar-refractivity contribution in [2.24, 2.45) is 5.92 Å². The van der Waals surface area contributed by atoms with Crippen molar-refractivity contribution < 1.29 is 14.1 Å². The maximum absolute atomic E-state index is 12.4. The molecule has 3 rings (SSSR count). The molecule has 0 saturated carbocycles. The number of imidazole rings is 1. The first-order chi connectivity index (χ1) is 10.6. The number of H-pyrrole nitrogens is 1. The molecule has 0 spiro atoms. The number of aryl methyl sites for hydroxylation is 1. The number of aromatic nitrogens is 3. The summed E-state index contributed by atoms with van der Waals surface area (Å²) in [6, 6.07) is 1.69. The summed E-state index contributed by atoms with van der Waals surface area (Å²) >= 11 is 0. The standard InChI is InChI=1S/C15H20N4O3/c1-9(2)14-13-12(16-8-17-13)4-5-19(14)15(20)21-7-11-6-10(3)22-18-11/h6,8-9,14H,4-5,7H2,1-3H3,(H,16,17). The second-order valence-corrected chi connectivity index (χ2v) is 5.88. The molecule has 7 heteroatoms. The highest BCUT2D eigenvalue weighted by molar-refractivity contribution is 5.68. The van der Waals surface area contributed by atoms with Crippen LogP contribution in [0, 0.1) is 12.8 Å². The monoisotopic (exact) mass is 304 g/mol. The van der Waals surface area contributed by atoms with Gasteiger partial charge in [0.1, 0.15) is 18.1 Å². The van der Waals surface area contributed by atoms with Gasteiger partial charge in [0.15, 0.2) is 0 Å². The van der Waals surface area contributed by atoms with Crippen LogP contribution in [0.2, 0.25) is 0 Å². The molecule has 2 aromatic heterocycles. The van der Waals surface area contributed by atoms with Gasteiger partial charge in [-0.15, -0.1) is 0 Å². The Morgan fingerprint density at radius 1 is 1.59 bits per heavy atom. The molecule has 1 atom stereocenters. The molecule has 1 aliphatic rings. The van der Waals surface area contributed by atoms with Crippen LogP contribution in [0.15, 0.2) is 16.9 Å². The van der Waals surface area contributed by atoms with Crippen molar-refractivity contribution in [2.45, 2.75) is 39.8 Å². The molecular weight excluding hydrogens is 284 g/mol. The maximum Gasteiger partial charge on any atom is 0.410 e. The fraction of sp³-hybridized carbons (Fsp3) is 0.533. The summed E-state index contributed by atoms with van der Waals surface area (Å²) in [6.07, 6.45) is 2.11. The minimum atomic E-state index is -0.340. The van der Waals surface area contributed by atoms with E-state index in [1.54, 1.807) is 24.2 Å². The minimum Gasteiger partial charge on any atom is -0.443 e. The van der Waals surface area contributed by atoms with Gasteiger partial charge < -0.3 is 14.2 Å². The fourth-order valence-electron chi connectivity index (χ4n) is 2.89. The molecule has 0 aliphatic carbocycles. The summed E-state index contributed by atoms with van der Waals surface area (Å²) in [4.78, 5) is 21.7. The maximum atomic E-state index is 12.4. The highest BCUT2D eigenvalue weighted by Crippen LogP contribution is 2.33. The lowest BCUT2D eigenvalue weighted by molar-refractivity contribution is 0.0638. The lowest BCUT2D eigenvalue weighted by atomic mass is 9.94. The Balaban J connectivity index is 1.71. The third-order valence-corrected chi connectivity index (χ3v) is 3.86. The summed E-state index contributed by atoms with van der Waals surface area (Å²) in [6.45, 7) is 6.70. The molecule has 118 valence electrons. The first kappa shape index (κ1) is 14.6. The van der Waals surface area contributed by atoms with Crippen molar-refractivity contribution in [3.05, 3.63) is 35.2 Å². The number of hydrogen-bond acceptors (Lipinski definition) is 5. The zero-order valence-corrected chi connectivity index (χ0v) is 13.0. The highest BCUT2D eigenvalue weighted by Gasteiger charge is 2.35. The third-order valence-electron chi connectivity index (χ3n) is 3.86. The van der Waals surface area contributed by atoms with E-state index in [1.165, 1.54) is 0 Å². The van der Waals surface area contributed by atoms with Gasteiger partial charge in [-0.1, -0.05) is 19.0 Å². The number of rotatable bonds is 3. The van der Waals surface area contributed by atoms with Crippen molar-refractivity contribution in [1.82, 2.24) is 20.0 Å². The van der Waals surface area contributed by atoms with E-state index in [2.05, 4.69) is 29.0 Å². The molecule has 1 amide bonds. The average molecular weight is 304 g/mol. The Labute approximate surface area is 128 Å². The molecule has 0 saturated heterocycles. The predicted molar refractivity (Wildman–Crippen MR) is 78.0 cm³/mol. The molecule has 1 aliphatic heterocycles. The smallest absolute Gasteiger partial charge is 0.410 e. The largest absolute Gasteiger partial charge is 0.443 e. The van der Waals surface area contributed by atoms with Crippen LogP contribution in [0.1, 0.15) is 42.7 Å². The van der Waals surface area contributed by atoms with Crippen LogP contribution in [0.4, 0.5) is 4.79 Å². The van der Waals surface area contributed by atoms with Gasteiger partial charge in [-0.3, -0.25) is 4.90 Å². The summed E-state index contributed by atoms with van der Waals surface area (Å²) < 4.78 is 10.3. The SMILES string of the molecule is Cc1cc(COC(=O)N2CCc3[nH]cnc3C2C(C)C)no1. The van der Waals surface area contributed by atoms with E-state index in [9.17, 15) is 4.79 Å². The molecule has 3 heterocycles. The predicted octanol–water partition coefficient (Wildman–Crippen LogP) is 2.60. The number of ether oxygens (including phenoxy) is 1. The Morgan fingerprint density at radius 3 is 3.09 bits per heavy atom. The van der Waals surface area contributed by atoms with E-state index in [0.717, 1.165) is 17.8 Å². The number of carbonyl (C=O) groups is 1. The molecule has 0 radical (unpaired) electrons. The Morgan fingerprint density at radius 2 is 2.41 bits per heavy atom. The molecule has 7 nitrogen and oxygen atoms in total. The number of nitrogens with one attached hydrogen (secondary N) is 1. The van der Waals surface area contributed by atoms with E-state index in [4.69, 9.17) is 9.26 Å². The average Bonchev–Trinajstić information content (AvgIpc) is 3.11. The fourth-order valence-corrected chi connectivity index (χ4v) is 2.89. The normalized spacial score (nSPS) is 17.6. The first-order valence-corrected chi connectivity index (χ1v) is 7.44. The number of fused-ring (bicyclic) bond motifs is 1. The molecule has 0 aromatic carbocycles. The molecule has 2 aromatic rings. The summed E-state index contributed by atoms with van der Waals surface area (Å²) in [5, 5.41) is 3.83. The highest BCUT2D eigenvalue weighted by atomic mass is 16.6. The van der Waals surface area contributed by atoms with Crippen LogP contribution in [-0.4, -0.2) is 32.7 Å². The molecule has 0 fully saturated rings. The zero-order chi connectivity index (χ0) is 15.7. The first-order valence-electron chi connectivity index (χ1n) is 7.44. The minimum absolute atomic E-state index is 0.0680. The van der Waals surface area contributed by atoms with Crippen LogP contribution >= 0.6 is 0 Å². The second-order valence-electron chi connectivity index (χ2n) is 5.88. The van der Waals surface area contributed by atoms with Gasteiger partial charge in [-0.25, -0.2) is 9.78 Å². The quantitative estimate of drug-likeness (QED) is 0.942.